The molecule has 0 unspecified atom stereocenters. The Morgan fingerprint density at radius 3 is 2.24 bits per heavy atom. The van der Waals surface area contributed by atoms with E-state index in [1.54, 1.807) is 0 Å². The molecule has 3 heteroatoms. The summed E-state index contributed by atoms with van der Waals surface area (Å²) in [6, 6.07) is 0.733. The first-order valence-electron chi connectivity index (χ1n) is 9.00. The van der Waals surface area contributed by atoms with Gasteiger partial charge in [0.05, 0.1) is 6.10 Å². The van der Waals surface area contributed by atoms with Crippen LogP contribution in [0.15, 0.2) is 0 Å². The number of hydrogen-bond donors (Lipinski definition) is 0. The lowest BCUT2D eigenvalue weighted by molar-refractivity contribution is -0.144. The molecule has 2 fully saturated rings. The van der Waals surface area contributed by atoms with Gasteiger partial charge >= 0.3 is 0 Å². The Labute approximate surface area is 130 Å². The smallest absolute Gasteiger partial charge is 0.249 e. The van der Waals surface area contributed by atoms with E-state index in [4.69, 9.17) is 4.74 Å². The maximum absolute atomic E-state index is 12.6. The zero-order valence-corrected chi connectivity index (χ0v) is 14.1. The van der Waals surface area contributed by atoms with Crippen molar-refractivity contribution in [3.63, 3.8) is 0 Å². The molecule has 0 saturated heterocycles. The number of carbonyl (C=O) groups is 1. The molecule has 0 aliphatic heterocycles. The molecule has 1 amide bonds. The highest BCUT2D eigenvalue weighted by Gasteiger charge is 2.28. The molecule has 2 aliphatic rings. The summed E-state index contributed by atoms with van der Waals surface area (Å²) in [5.41, 5.74) is 0. The van der Waals surface area contributed by atoms with Gasteiger partial charge in [0.15, 0.2) is 0 Å². The minimum atomic E-state index is 0.204. The quantitative estimate of drug-likeness (QED) is 0.762. The van der Waals surface area contributed by atoms with Crippen LogP contribution in [-0.2, 0) is 9.53 Å². The van der Waals surface area contributed by atoms with E-state index < -0.39 is 0 Å². The van der Waals surface area contributed by atoms with Crippen LogP contribution in [0.1, 0.15) is 78.6 Å². The topological polar surface area (TPSA) is 29.5 Å². The van der Waals surface area contributed by atoms with Crippen molar-refractivity contribution in [2.75, 3.05) is 6.61 Å². The van der Waals surface area contributed by atoms with Crippen molar-refractivity contribution >= 4 is 5.91 Å². The summed E-state index contributed by atoms with van der Waals surface area (Å²) in [6.45, 7) is 6.86. The Morgan fingerprint density at radius 2 is 1.67 bits per heavy atom. The average Bonchev–Trinajstić information content (AvgIpc) is 2.47. The van der Waals surface area contributed by atoms with E-state index in [0.29, 0.717) is 12.1 Å². The lowest BCUT2D eigenvalue weighted by Gasteiger charge is -2.38. The zero-order valence-electron chi connectivity index (χ0n) is 14.1. The molecule has 0 N–H and O–H groups in total. The first-order valence-corrected chi connectivity index (χ1v) is 9.00. The van der Waals surface area contributed by atoms with Gasteiger partial charge in [-0.25, -0.2) is 0 Å². The predicted molar refractivity (Wildman–Crippen MR) is 86.2 cm³/mol. The van der Waals surface area contributed by atoms with E-state index in [2.05, 4.69) is 25.7 Å². The van der Waals surface area contributed by atoms with Crippen LogP contribution >= 0.6 is 0 Å². The minimum absolute atomic E-state index is 0.204. The van der Waals surface area contributed by atoms with Gasteiger partial charge in [0.1, 0.15) is 6.61 Å². The molecule has 0 heterocycles. The molecular formula is C18H33NO2. The first kappa shape index (κ1) is 16.8. The van der Waals surface area contributed by atoms with Crippen LogP contribution in [0.3, 0.4) is 0 Å². The second-order valence-corrected chi connectivity index (χ2v) is 7.38. The van der Waals surface area contributed by atoms with Gasteiger partial charge in [-0.05, 0) is 58.3 Å². The highest BCUT2D eigenvalue weighted by atomic mass is 16.5. The maximum Gasteiger partial charge on any atom is 0.249 e. The molecule has 0 aromatic carbocycles. The molecule has 0 aromatic rings. The fourth-order valence-corrected chi connectivity index (χ4v) is 3.93. The third-order valence-corrected chi connectivity index (χ3v) is 5.22. The summed E-state index contributed by atoms with van der Waals surface area (Å²) in [7, 11) is 0. The molecule has 0 spiro atoms. The molecule has 2 aliphatic carbocycles. The van der Waals surface area contributed by atoms with Crippen molar-refractivity contribution < 1.29 is 9.53 Å². The molecule has 0 bridgehead atoms. The summed E-state index contributed by atoms with van der Waals surface area (Å²) in [5, 5.41) is 0. The summed E-state index contributed by atoms with van der Waals surface area (Å²) >= 11 is 0. The monoisotopic (exact) mass is 295 g/mol. The van der Waals surface area contributed by atoms with E-state index in [1.807, 2.05) is 0 Å². The van der Waals surface area contributed by atoms with E-state index in [-0.39, 0.29) is 18.6 Å². The Morgan fingerprint density at radius 1 is 1.05 bits per heavy atom. The maximum atomic E-state index is 12.6. The lowest BCUT2D eigenvalue weighted by atomic mass is 9.89. The summed E-state index contributed by atoms with van der Waals surface area (Å²) in [5.74, 6) is 1.03. The van der Waals surface area contributed by atoms with Crippen LogP contribution in [0.25, 0.3) is 0 Å². The molecular weight excluding hydrogens is 262 g/mol. The third-order valence-electron chi connectivity index (χ3n) is 5.22. The van der Waals surface area contributed by atoms with Gasteiger partial charge < -0.3 is 9.64 Å². The highest BCUT2D eigenvalue weighted by molar-refractivity contribution is 5.78. The fourth-order valence-electron chi connectivity index (χ4n) is 3.93. The molecule has 0 atom stereocenters. The van der Waals surface area contributed by atoms with E-state index in [9.17, 15) is 4.79 Å². The second-order valence-electron chi connectivity index (χ2n) is 7.38. The van der Waals surface area contributed by atoms with Crippen molar-refractivity contribution in [3.05, 3.63) is 0 Å². The summed E-state index contributed by atoms with van der Waals surface area (Å²) in [4.78, 5) is 14.7. The standard InChI is InChI=1S/C18H33NO2/c1-14(2)19(16-7-5-4-6-8-16)18(20)13-21-17-11-9-15(3)10-12-17/h14-17H,4-13H2,1-3H3. The largest absolute Gasteiger partial charge is 0.368 e. The van der Waals surface area contributed by atoms with Gasteiger partial charge in [-0.15, -0.1) is 0 Å². The third kappa shape index (κ3) is 4.98. The number of ether oxygens (including phenoxy) is 1. The number of hydrogen-bond acceptors (Lipinski definition) is 2. The van der Waals surface area contributed by atoms with Crippen LogP contribution in [-0.4, -0.2) is 35.6 Å². The van der Waals surface area contributed by atoms with Crippen LogP contribution in [0.5, 0.6) is 0 Å². The first-order chi connectivity index (χ1) is 10.1. The molecule has 2 rings (SSSR count). The lowest BCUT2D eigenvalue weighted by Crippen LogP contribution is -2.47. The van der Waals surface area contributed by atoms with Gasteiger partial charge in [0, 0.05) is 12.1 Å². The van der Waals surface area contributed by atoms with Crippen LogP contribution < -0.4 is 0 Å². The summed E-state index contributed by atoms with van der Waals surface area (Å²) < 4.78 is 5.92. The highest BCUT2D eigenvalue weighted by Crippen LogP contribution is 2.27. The van der Waals surface area contributed by atoms with Crippen molar-refractivity contribution in [1.29, 1.82) is 0 Å². The predicted octanol–water partition coefficient (Wildman–Crippen LogP) is 4.15. The molecule has 0 radical (unpaired) electrons. The van der Waals surface area contributed by atoms with Crippen LogP contribution in [0.4, 0.5) is 0 Å². The van der Waals surface area contributed by atoms with Gasteiger partial charge in [-0.3, -0.25) is 4.79 Å². The number of amides is 1. The van der Waals surface area contributed by atoms with Crippen molar-refractivity contribution in [1.82, 2.24) is 4.90 Å². The van der Waals surface area contributed by atoms with Crippen molar-refractivity contribution in [2.45, 2.75) is 96.7 Å². The Balaban J connectivity index is 1.81. The zero-order chi connectivity index (χ0) is 15.2. The van der Waals surface area contributed by atoms with Crippen molar-refractivity contribution in [3.8, 4) is 0 Å². The van der Waals surface area contributed by atoms with Gasteiger partial charge in [0.25, 0.3) is 0 Å². The van der Waals surface area contributed by atoms with E-state index in [1.165, 1.54) is 44.9 Å². The van der Waals surface area contributed by atoms with Crippen molar-refractivity contribution in [2.24, 2.45) is 5.92 Å². The Bertz CT molecular complexity index is 315. The van der Waals surface area contributed by atoms with Gasteiger partial charge in [-0.2, -0.15) is 0 Å². The number of rotatable bonds is 5. The Kier molecular flexibility index (Phi) is 6.53. The minimum Gasteiger partial charge on any atom is -0.368 e. The molecule has 3 nitrogen and oxygen atoms in total. The molecule has 2 saturated carbocycles. The number of carbonyl (C=O) groups excluding carboxylic acids is 1. The van der Waals surface area contributed by atoms with Crippen LogP contribution in [0, 0.1) is 5.92 Å². The van der Waals surface area contributed by atoms with Crippen LogP contribution in [0.2, 0.25) is 0 Å². The number of nitrogens with zero attached hydrogens (tertiary/aromatic N) is 1. The average molecular weight is 295 g/mol. The fraction of sp³-hybridized carbons (Fsp3) is 0.944. The normalized spacial score (nSPS) is 27.8. The molecule has 21 heavy (non-hydrogen) atoms. The molecule has 0 aromatic heterocycles. The Hall–Kier alpha value is -0.570. The second kappa shape index (κ2) is 8.17. The van der Waals surface area contributed by atoms with E-state index >= 15 is 0 Å². The van der Waals surface area contributed by atoms with Gasteiger partial charge in [-0.1, -0.05) is 26.2 Å². The molecule has 122 valence electrons. The van der Waals surface area contributed by atoms with Gasteiger partial charge in [0.2, 0.25) is 5.91 Å². The summed E-state index contributed by atoms with van der Waals surface area (Å²) in [6.07, 6.45) is 11.3. The van der Waals surface area contributed by atoms with E-state index in [0.717, 1.165) is 18.8 Å². The SMILES string of the molecule is CC1CCC(OCC(=O)N(C(C)C)C2CCCCC2)CC1.